The van der Waals surface area contributed by atoms with Crippen molar-refractivity contribution in [1.82, 2.24) is 14.9 Å². The number of hydrogen-bond donors (Lipinski definition) is 1. The van der Waals surface area contributed by atoms with Gasteiger partial charge in [0, 0.05) is 19.7 Å². The zero-order valence-corrected chi connectivity index (χ0v) is 12.1. The van der Waals surface area contributed by atoms with Crippen molar-refractivity contribution in [2.45, 2.75) is 32.9 Å². The molecule has 19 heavy (non-hydrogen) atoms. The Bertz CT molecular complexity index is 373. The van der Waals surface area contributed by atoms with Crippen molar-refractivity contribution in [3.05, 3.63) is 18.2 Å². The number of ether oxygens (including phenoxy) is 2. The van der Waals surface area contributed by atoms with Gasteiger partial charge in [-0.3, -0.25) is 0 Å². The smallest absolute Gasteiger partial charge is 0.111 e. The van der Waals surface area contributed by atoms with Crippen molar-refractivity contribution in [1.29, 1.82) is 0 Å². The minimum Gasteiger partial charge on any atom is -0.380 e. The van der Waals surface area contributed by atoms with Crippen molar-refractivity contribution in [2.75, 3.05) is 32.9 Å². The van der Waals surface area contributed by atoms with Gasteiger partial charge in [0.15, 0.2) is 0 Å². The number of hydrogen-bond acceptors (Lipinski definition) is 4. The maximum atomic E-state index is 5.83. The largest absolute Gasteiger partial charge is 0.380 e. The van der Waals surface area contributed by atoms with Crippen molar-refractivity contribution in [3.63, 3.8) is 0 Å². The summed E-state index contributed by atoms with van der Waals surface area (Å²) in [6.45, 7) is 10.5. The molecule has 1 aliphatic heterocycles. The third-order valence-corrected chi connectivity index (χ3v) is 3.57. The van der Waals surface area contributed by atoms with Crippen LogP contribution in [0.5, 0.6) is 0 Å². The highest BCUT2D eigenvalue weighted by Gasteiger charge is 2.24. The molecule has 108 valence electrons. The molecule has 2 heterocycles. The number of aromatic nitrogens is 2. The van der Waals surface area contributed by atoms with Crippen LogP contribution in [0.2, 0.25) is 0 Å². The molecule has 2 atom stereocenters. The molecular weight excluding hydrogens is 242 g/mol. The molecule has 2 unspecified atom stereocenters. The van der Waals surface area contributed by atoms with Crippen LogP contribution in [0.4, 0.5) is 0 Å². The summed E-state index contributed by atoms with van der Waals surface area (Å²) in [5, 5.41) is 3.36. The number of nitrogens with zero attached hydrogens (tertiary/aromatic N) is 2. The lowest BCUT2D eigenvalue weighted by Crippen LogP contribution is -2.35. The van der Waals surface area contributed by atoms with Crippen LogP contribution in [0.25, 0.3) is 0 Å². The van der Waals surface area contributed by atoms with E-state index in [1.54, 1.807) is 0 Å². The third kappa shape index (κ3) is 3.55. The second-order valence-corrected chi connectivity index (χ2v) is 5.26. The van der Waals surface area contributed by atoms with Crippen LogP contribution in [0.3, 0.4) is 0 Å². The van der Waals surface area contributed by atoms with E-state index in [-0.39, 0.29) is 6.10 Å². The van der Waals surface area contributed by atoms with Crippen LogP contribution in [0.15, 0.2) is 12.5 Å². The molecule has 2 rings (SSSR count). The van der Waals surface area contributed by atoms with Gasteiger partial charge in [0.2, 0.25) is 0 Å². The highest BCUT2D eigenvalue weighted by Crippen LogP contribution is 2.26. The Hall–Kier alpha value is -0.910. The molecule has 5 heteroatoms. The van der Waals surface area contributed by atoms with Gasteiger partial charge in [-0.25, -0.2) is 4.98 Å². The number of rotatable bonds is 6. The molecule has 0 saturated carbocycles. The highest BCUT2D eigenvalue weighted by atomic mass is 16.5. The topological polar surface area (TPSA) is 48.3 Å². The lowest BCUT2D eigenvalue weighted by molar-refractivity contribution is 0.0185. The molecule has 1 aliphatic rings. The van der Waals surface area contributed by atoms with E-state index in [0.717, 1.165) is 38.6 Å². The molecule has 1 saturated heterocycles. The molecule has 1 fully saturated rings. The van der Waals surface area contributed by atoms with Gasteiger partial charge in [-0.2, -0.15) is 0 Å². The molecule has 0 bridgehead atoms. The quantitative estimate of drug-likeness (QED) is 0.853. The molecule has 1 aromatic heterocycles. The number of imidazole rings is 1. The normalized spacial score (nSPS) is 21.8. The van der Waals surface area contributed by atoms with Crippen LogP contribution in [0, 0.1) is 5.92 Å². The van der Waals surface area contributed by atoms with E-state index in [1.165, 1.54) is 0 Å². The van der Waals surface area contributed by atoms with Gasteiger partial charge in [-0.05, 0) is 12.8 Å². The molecule has 1 N–H and O–H groups in total. The van der Waals surface area contributed by atoms with E-state index < -0.39 is 0 Å². The monoisotopic (exact) mass is 267 g/mol. The van der Waals surface area contributed by atoms with Gasteiger partial charge < -0.3 is 19.4 Å². The average molecular weight is 267 g/mol. The molecular formula is C14H25N3O2. The van der Waals surface area contributed by atoms with Crippen LogP contribution in [0.1, 0.15) is 38.6 Å². The van der Waals surface area contributed by atoms with Crippen molar-refractivity contribution in [3.8, 4) is 0 Å². The van der Waals surface area contributed by atoms with Crippen molar-refractivity contribution < 1.29 is 9.47 Å². The van der Waals surface area contributed by atoms with E-state index in [4.69, 9.17) is 9.47 Å². The fourth-order valence-corrected chi connectivity index (χ4v) is 2.43. The first-order valence-electron chi connectivity index (χ1n) is 7.15. The second kappa shape index (κ2) is 7.03. The SMILES string of the molecule is CCOCC(C(C)C)n1cncc1C1CNCCO1. The van der Waals surface area contributed by atoms with Crippen molar-refractivity contribution in [2.24, 2.45) is 5.92 Å². The van der Waals surface area contributed by atoms with Gasteiger partial charge in [-0.1, -0.05) is 13.8 Å². The van der Waals surface area contributed by atoms with E-state index in [0.29, 0.717) is 12.0 Å². The molecule has 5 nitrogen and oxygen atoms in total. The summed E-state index contributed by atoms with van der Waals surface area (Å²) in [6, 6.07) is 0.308. The van der Waals surface area contributed by atoms with E-state index >= 15 is 0 Å². The highest BCUT2D eigenvalue weighted by molar-refractivity contribution is 5.07. The van der Waals surface area contributed by atoms with Crippen molar-refractivity contribution >= 4 is 0 Å². The number of morpholine rings is 1. The molecule has 0 aliphatic carbocycles. The average Bonchev–Trinajstić information content (AvgIpc) is 2.89. The van der Waals surface area contributed by atoms with Gasteiger partial charge >= 0.3 is 0 Å². The maximum absolute atomic E-state index is 5.83. The van der Waals surface area contributed by atoms with Gasteiger partial charge in [0.05, 0.1) is 37.5 Å². The molecule has 0 radical (unpaired) electrons. The summed E-state index contributed by atoms with van der Waals surface area (Å²) in [5.74, 6) is 0.496. The first-order valence-corrected chi connectivity index (χ1v) is 7.15. The summed E-state index contributed by atoms with van der Waals surface area (Å²) in [6.07, 6.45) is 3.91. The van der Waals surface area contributed by atoms with Gasteiger partial charge in [-0.15, -0.1) is 0 Å². The van der Waals surface area contributed by atoms with Crippen LogP contribution in [-0.4, -0.2) is 42.5 Å². The molecule has 0 aromatic carbocycles. The lowest BCUT2D eigenvalue weighted by atomic mass is 10.0. The predicted octanol–water partition coefficient (Wildman–Crippen LogP) is 1.78. The first kappa shape index (κ1) is 14.5. The van der Waals surface area contributed by atoms with Gasteiger partial charge in [0.25, 0.3) is 0 Å². The Kier molecular flexibility index (Phi) is 5.36. The second-order valence-electron chi connectivity index (χ2n) is 5.26. The standard InChI is InChI=1S/C14H25N3O2/c1-4-18-9-13(11(2)3)17-10-16-7-12(17)14-8-15-5-6-19-14/h7,10-11,13-15H,4-6,8-9H2,1-3H3. The number of nitrogens with one attached hydrogen (secondary N) is 1. The fraction of sp³-hybridized carbons (Fsp3) is 0.786. The van der Waals surface area contributed by atoms with E-state index in [2.05, 4.69) is 28.7 Å². The summed E-state index contributed by atoms with van der Waals surface area (Å²) in [5.41, 5.74) is 1.14. The Labute approximate surface area is 115 Å². The summed E-state index contributed by atoms with van der Waals surface area (Å²) >= 11 is 0. The van der Waals surface area contributed by atoms with E-state index in [1.807, 2.05) is 19.4 Å². The van der Waals surface area contributed by atoms with E-state index in [9.17, 15) is 0 Å². The zero-order chi connectivity index (χ0) is 13.7. The predicted molar refractivity (Wildman–Crippen MR) is 74.2 cm³/mol. The Morgan fingerprint density at radius 1 is 1.58 bits per heavy atom. The minimum absolute atomic E-state index is 0.0964. The van der Waals surface area contributed by atoms with Crippen LogP contribution in [-0.2, 0) is 9.47 Å². The summed E-state index contributed by atoms with van der Waals surface area (Å²) in [4.78, 5) is 4.31. The first-order chi connectivity index (χ1) is 9.24. The Balaban J connectivity index is 2.15. The fourth-order valence-electron chi connectivity index (χ4n) is 2.43. The maximum Gasteiger partial charge on any atom is 0.111 e. The Morgan fingerprint density at radius 2 is 2.42 bits per heavy atom. The summed E-state index contributed by atoms with van der Waals surface area (Å²) < 4.78 is 13.7. The molecule has 0 spiro atoms. The van der Waals surface area contributed by atoms with Crippen LogP contribution < -0.4 is 5.32 Å². The molecule has 1 aromatic rings. The molecule has 0 amide bonds. The Morgan fingerprint density at radius 3 is 3.05 bits per heavy atom. The van der Waals surface area contributed by atoms with Crippen LogP contribution >= 0.6 is 0 Å². The minimum atomic E-state index is 0.0964. The third-order valence-electron chi connectivity index (χ3n) is 3.57. The lowest BCUT2D eigenvalue weighted by Gasteiger charge is -2.29. The summed E-state index contributed by atoms with van der Waals surface area (Å²) in [7, 11) is 0. The zero-order valence-electron chi connectivity index (χ0n) is 12.1. The van der Waals surface area contributed by atoms with Gasteiger partial charge in [0.1, 0.15) is 6.10 Å².